The van der Waals surface area contributed by atoms with Crippen LogP contribution in [0.4, 0.5) is 5.69 Å². The van der Waals surface area contributed by atoms with Gasteiger partial charge in [0, 0.05) is 16.8 Å². The van der Waals surface area contributed by atoms with Gasteiger partial charge in [0.15, 0.2) is 5.78 Å². The molecule has 0 aromatic heterocycles. The molecule has 1 fully saturated rings. The van der Waals surface area contributed by atoms with Gasteiger partial charge in [-0.3, -0.25) is 4.79 Å². The van der Waals surface area contributed by atoms with E-state index in [4.69, 9.17) is 0 Å². The molecular weight excluding hydrogens is 298 g/mol. The molecule has 2 N–H and O–H groups in total. The summed E-state index contributed by atoms with van der Waals surface area (Å²) in [4.78, 5) is 13.2. The van der Waals surface area contributed by atoms with Crippen molar-refractivity contribution in [3.8, 4) is 5.75 Å². The quantitative estimate of drug-likeness (QED) is 0.731. The summed E-state index contributed by atoms with van der Waals surface area (Å²) < 4.78 is 0. The summed E-state index contributed by atoms with van der Waals surface area (Å²) in [6, 6.07) is 9.63. The average Bonchev–Trinajstić information content (AvgIpc) is 2.54. The zero-order valence-corrected chi connectivity index (χ0v) is 14.9. The number of Topliss-reactive ketones (excluding diaryl/α,β-unsaturated/α-hetero) is 1. The fraction of sp³-hybridized carbons (Fsp3) is 0.476. The number of benzene rings is 2. The molecule has 24 heavy (non-hydrogen) atoms. The van der Waals surface area contributed by atoms with E-state index in [0.717, 1.165) is 42.1 Å². The van der Waals surface area contributed by atoms with Crippen molar-refractivity contribution in [2.24, 2.45) is 5.92 Å². The highest BCUT2D eigenvalue weighted by molar-refractivity contribution is 6.12. The van der Waals surface area contributed by atoms with E-state index in [2.05, 4.69) is 26.1 Å². The summed E-state index contributed by atoms with van der Waals surface area (Å²) in [6.07, 6.45) is 5.28. The monoisotopic (exact) mass is 325 g/mol. The van der Waals surface area contributed by atoms with Crippen molar-refractivity contribution in [2.75, 3.05) is 5.32 Å². The summed E-state index contributed by atoms with van der Waals surface area (Å²) in [5.74, 6) is 0.215. The summed E-state index contributed by atoms with van der Waals surface area (Å²) >= 11 is 0. The Kier molecular flexibility index (Phi) is 4.53. The molecule has 1 saturated carbocycles. The Morgan fingerprint density at radius 2 is 1.79 bits per heavy atom. The van der Waals surface area contributed by atoms with Crippen molar-refractivity contribution >= 4 is 22.2 Å². The first-order valence-corrected chi connectivity index (χ1v) is 8.94. The van der Waals surface area contributed by atoms with E-state index in [1.54, 1.807) is 6.07 Å². The Morgan fingerprint density at radius 3 is 2.46 bits per heavy atom. The normalized spacial score (nSPS) is 16.3. The molecule has 0 unspecified atom stereocenters. The Balaban J connectivity index is 2.15. The second-order valence-electron chi connectivity index (χ2n) is 7.94. The van der Waals surface area contributed by atoms with E-state index in [9.17, 15) is 9.90 Å². The van der Waals surface area contributed by atoms with Crippen molar-refractivity contribution in [1.29, 1.82) is 0 Å². The minimum absolute atomic E-state index is 0.0336. The molecule has 0 aliphatic heterocycles. The molecule has 3 nitrogen and oxygen atoms in total. The van der Waals surface area contributed by atoms with Gasteiger partial charge in [-0.25, -0.2) is 0 Å². The highest BCUT2D eigenvalue weighted by Gasteiger charge is 2.29. The molecule has 0 spiro atoms. The molecule has 128 valence electrons. The molecule has 1 aliphatic carbocycles. The van der Waals surface area contributed by atoms with Gasteiger partial charge in [0.05, 0.1) is 11.3 Å². The van der Waals surface area contributed by atoms with E-state index < -0.39 is 0 Å². The van der Waals surface area contributed by atoms with Crippen LogP contribution >= 0.6 is 0 Å². The lowest BCUT2D eigenvalue weighted by Gasteiger charge is -2.28. The average molecular weight is 325 g/mol. The van der Waals surface area contributed by atoms with Gasteiger partial charge in [-0.15, -0.1) is 0 Å². The van der Waals surface area contributed by atoms with Crippen molar-refractivity contribution in [2.45, 2.75) is 58.4 Å². The van der Waals surface area contributed by atoms with Gasteiger partial charge >= 0.3 is 0 Å². The predicted octanol–water partition coefficient (Wildman–Crippen LogP) is 5.52. The van der Waals surface area contributed by atoms with E-state index in [1.165, 1.54) is 6.42 Å². The van der Waals surface area contributed by atoms with Gasteiger partial charge in [-0.05, 0) is 45.1 Å². The van der Waals surface area contributed by atoms with Crippen molar-refractivity contribution in [3.05, 3.63) is 35.9 Å². The number of carbonyl (C=O) groups is 1. The van der Waals surface area contributed by atoms with Crippen molar-refractivity contribution in [1.82, 2.24) is 0 Å². The van der Waals surface area contributed by atoms with Crippen LogP contribution in [0.1, 0.15) is 63.2 Å². The topological polar surface area (TPSA) is 49.3 Å². The van der Waals surface area contributed by atoms with Crippen LogP contribution in [0, 0.1) is 5.92 Å². The second-order valence-corrected chi connectivity index (χ2v) is 7.94. The lowest BCUT2D eigenvalue weighted by molar-refractivity contribution is 0.0888. The third-order valence-corrected chi connectivity index (χ3v) is 4.75. The number of fused-ring (bicyclic) bond motifs is 1. The fourth-order valence-corrected chi connectivity index (χ4v) is 3.66. The Bertz CT molecular complexity index is 752. The minimum atomic E-state index is -0.196. The molecule has 3 heteroatoms. The SMILES string of the molecule is CC(C)(C)Nc1c(C(=O)C2CCCCC2)c(O)cc2ccccc12. The molecule has 2 aromatic rings. The smallest absolute Gasteiger partial charge is 0.171 e. The van der Waals surface area contributed by atoms with Crippen molar-refractivity contribution in [3.63, 3.8) is 0 Å². The maximum Gasteiger partial charge on any atom is 0.171 e. The van der Waals surface area contributed by atoms with Crippen LogP contribution in [0.5, 0.6) is 5.75 Å². The maximum absolute atomic E-state index is 13.2. The zero-order valence-electron chi connectivity index (χ0n) is 14.9. The van der Waals surface area contributed by atoms with Crippen molar-refractivity contribution < 1.29 is 9.90 Å². The van der Waals surface area contributed by atoms with E-state index in [0.29, 0.717) is 5.56 Å². The third kappa shape index (κ3) is 3.40. The molecule has 2 aromatic carbocycles. The van der Waals surface area contributed by atoms with Gasteiger partial charge in [-0.2, -0.15) is 0 Å². The minimum Gasteiger partial charge on any atom is -0.507 e. The molecule has 1 aliphatic rings. The first-order valence-electron chi connectivity index (χ1n) is 8.94. The molecule has 0 saturated heterocycles. The molecule has 0 bridgehead atoms. The highest BCUT2D eigenvalue weighted by atomic mass is 16.3. The summed E-state index contributed by atoms with van der Waals surface area (Å²) in [5.41, 5.74) is 1.04. The molecule has 0 radical (unpaired) electrons. The fourth-order valence-electron chi connectivity index (χ4n) is 3.66. The molecule has 0 heterocycles. The zero-order chi connectivity index (χ0) is 17.3. The lowest BCUT2D eigenvalue weighted by atomic mass is 9.82. The molecule has 0 atom stereocenters. The molecule has 3 rings (SSSR count). The van der Waals surface area contributed by atoms with Crippen LogP contribution in [-0.2, 0) is 0 Å². The number of carbonyl (C=O) groups excluding carboxylic acids is 1. The van der Waals surface area contributed by atoms with Gasteiger partial charge < -0.3 is 10.4 Å². The van der Waals surface area contributed by atoms with E-state index in [1.807, 2.05) is 24.3 Å². The second kappa shape index (κ2) is 6.46. The number of anilines is 1. The van der Waals surface area contributed by atoms with Crippen LogP contribution in [0.25, 0.3) is 10.8 Å². The molecule has 0 amide bonds. The lowest BCUT2D eigenvalue weighted by Crippen LogP contribution is -2.28. The standard InChI is InChI=1S/C21H27NO2/c1-21(2,3)22-19-16-12-8-7-11-15(16)13-17(23)18(19)20(24)14-9-5-4-6-10-14/h7-8,11-14,22-23H,4-6,9-10H2,1-3H3. The first-order chi connectivity index (χ1) is 11.4. The highest BCUT2D eigenvalue weighted by Crippen LogP contribution is 2.39. The van der Waals surface area contributed by atoms with Crippen LogP contribution in [0.2, 0.25) is 0 Å². The number of phenolic OH excluding ortho intramolecular Hbond substituents is 1. The number of hydrogen-bond donors (Lipinski definition) is 2. The van der Waals surface area contributed by atoms with Gasteiger partial charge in [0.2, 0.25) is 0 Å². The largest absolute Gasteiger partial charge is 0.507 e. The Hall–Kier alpha value is -2.03. The summed E-state index contributed by atoms with van der Waals surface area (Å²) in [7, 11) is 0. The van der Waals surface area contributed by atoms with Crippen LogP contribution < -0.4 is 5.32 Å². The molecular formula is C21H27NO2. The number of nitrogens with one attached hydrogen (secondary N) is 1. The number of aromatic hydroxyl groups is 1. The van der Waals surface area contributed by atoms with Crippen LogP contribution in [0.15, 0.2) is 30.3 Å². The Morgan fingerprint density at radius 1 is 1.12 bits per heavy atom. The van der Waals surface area contributed by atoms with Gasteiger partial charge in [0.1, 0.15) is 5.75 Å². The predicted molar refractivity (Wildman–Crippen MR) is 99.9 cm³/mol. The van der Waals surface area contributed by atoms with Crippen LogP contribution in [0.3, 0.4) is 0 Å². The first kappa shape index (κ1) is 16.8. The van der Waals surface area contributed by atoms with E-state index in [-0.39, 0.29) is 23.0 Å². The van der Waals surface area contributed by atoms with Gasteiger partial charge in [-0.1, -0.05) is 43.5 Å². The summed E-state index contributed by atoms with van der Waals surface area (Å²) in [5, 5.41) is 16.0. The Labute approximate surface area is 144 Å². The van der Waals surface area contributed by atoms with Gasteiger partial charge in [0.25, 0.3) is 0 Å². The number of hydrogen-bond acceptors (Lipinski definition) is 3. The number of ketones is 1. The maximum atomic E-state index is 13.2. The van der Waals surface area contributed by atoms with Crippen LogP contribution in [-0.4, -0.2) is 16.4 Å². The number of rotatable bonds is 3. The van der Waals surface area contributed by atoms with E-state index >= 15 is 0 Å². The summed E-state index contributed by atoms with van der Waals surface area (Å²) in [6.45, 7) is 6.21. The number of phenols is 1. The third-order valence-electron chi connectivity index (χ3n) is 4.75.